The maximum absolute atomic E-state index is 12.1. The van der Waals surface area contributed by atoms with Crippen LogP contribution in [0.2, 0.25) is 0 Å². The van der Waals surface area contributed by atoms with Crippen LogP contribution >= 0.6 is 0 Å². The number of hydrogen-bond donors (Lipinski definition) is 3. The summed E-state index contributed by atoms with van der Waals surface area (Å²) in [6, 6.07) is 14.1. The van der Waals surface area contributed by atoms with Crippen molar-refractivity contribution in [2.75, 3.05) is 0 Å². The Balaban J connectivity index is 1.59. The molecule has 3 N–H and O–H groups in total. The molecule has 0 bridgehead atoms. The van der Waals surface area contributed by atoms with Gasteiger partial charge in [0.1, 0.15) is 11.4 Å². The molecule has 0 aliphatic rings. The minimum Gasteiger partial charge on any atom is -0.382 e. The molecule has 124 valence electrons. The van der Waals surface area contributed by atoms with Gasteiger partial charge < -0.3 is 10.4 Å². The third-order valence-electron chi connectivity index (χ3n) is 3.71. The Kier molecular flexibility index (Phi) is 4.31. The number of aliphatic hydroxyl groups is 1. The third-order valence-corrected chi connectivity index (χ3v) is 3.71. The lowest BCUT2D eigenvalue weighted by Gasteiger charge is -2.10. The molecule has 6 heteroatoms. The SMILES string of the molecule is CC(C)(O)c1n[nH]c(CNC(=O)Cc2ccc3ccccc3c2)n1. The number of amides is 1. The van der Waals surface area contributed by atoms with Gasteiger partial charge in [0.25, 0.3) is 0 Å². The molecule has 0 fully saturated rings. The maximum Gasteiger partial charge on any atom is 0.224 e. The zero-order valence-electron chi connectivity index (χ0n) is 13.7. The third kappa shape index (κ3) is 3.78. The van der Waals surface area contributed by atoms with Gasteiger partial charge >= 0.3 is 0 Å². The summed E-state index contributed by atoms with van der Waals surface area (Å²) in [5, 5.41) is 21.6. The van der Waals surface area contributed by atoms with Crippen LogP contribution in [0, 0.1) is 0 Å². The Morgan fingerprint density at radius 2 is 1.96 bits per heavy atom. The van der Waals surface area contributed by atoms with Crippen LogP contribution in [0.15, 0.2) is 42.5 Å². The smallest absolute Gasteiger partial charge is 0.224 e. The van der Waals surface area contributed by atoms with Gasteiger partial charge in [0.2, 0.25) is 5.91 Å². The lowest BCUT2D eigenvalue weighted by molar-refractivity contribution is -0.120. The molecule has 0 spiro atoms. The molecule has 0 saturated carbocycles. The molecule has 1 amide bonds. The zero-order chi connectivity index (χ0) is 17.2. The number of rotatable bonds is 5. The number of aromatic amines is 1. The number of fused-ring (bicyclic) bond motifs is 1. The van der Waals surface area contributed by atoms with Gasteiger partial charge in [-0.1, -0.05) is 42.5 Å². The quantitative estimate of drug-likeness (QED) is 0.670. The van der Waals surface area contributed by atoms with Crippen LogP contribution in [-0.4, -0.2) is 26.2 Å². The summed E-state index contributed by atoms with van der Waals surface area (Å²) in [5.41, 5.74) is -0.148. The second kappa shape index (κ2) is 6.41. The second-order valence-corrected chi connectivity index (χ2v) is 6.30. The second-order valence-electron chi connectivity index (χ2n) is 6.30. The number of hydrogen-bond acceptors (Lipinski definition) is 4. The highest BCUT2D eigenvalue weighted by atomic mass is 16.3. The van der Waals surface area contributed by atoms with E-state index in [1.165, 1.54) is 0 Å². The molecule has 1 heterocycles. The van der Waals surface area contributed by atoms with Crippen LogP contribution in [0.1, 0.15) is 31.1 Å². The molecule has 1 aromatic heterocycles. The van der Waals surface area contributed by atoms with Gasteiger partial charge in [0, 0.05) is 0 Å². The summed E-state index contributed by atoms with van der Waals surface area (Å²) in [7, 11) is 0. The van der Waals surface area contributed by atoms with E-state index < -0.39 is 5.60 Å². The standard InChI is InChI=1S/C18H20N4O2/c1-18(2,24)17-20-15(21-22-17)11-19-16(23)10-12-7-8-13-5-3-4-6-14(13)9-12/h3-9,24H,10-11H2,1-2H3,(H,19,23)(H,20,21,22). The first-order valence-corrected chi connectivity index (χ1v) is 7.80. The van der Waals surface area contributed by atoms with Gasteiger partial charge in [-0.3, -0.25) is 9.89 Å². The molecule has 0 unspecified atom stereocenters. The number of nitrogens with one attached hydrogen (secondary N) is 2. The van der Waals surface area contributed by atoms with Crippen molar-refractivity contribution < 1.29 is 9.90 Å². The van der Waals surface area contributed by atoms with Crippen LogP contribution in [0.25, 0.3) is 10.8 Å². The summed E-state index contributed by atoms with van der Waals surface area (Å²) in [4.78, 5) is 16.3. The minimum absolute atomic E-state index is 0.0912. The molecule has 0 atom stereocenters. The highest BCUT2D eigenvalue weighted by Gasteiger charge is 2.21. The predicted octanol–water partition coefficient (Wildman–Crippen LogP) is 2.04. The van der Waals surface area contributed by atoms with Gasteiger partial charge in [-0.25, -0.2) is 4.98 Å². The number of carbonyl (C=O) groups excluding carboxylic acids is 1. The van der Waals surface area contributed by atoms with Crippen LogP contribution in [0.4, 0.5) is 0 Å². The first kappa shape index (κ1) is 16.1. The van der Waals surface area contributed by atoms with Crippen molar-refractivity contribution in [2.45, 2.75) is 32.4 Å². The molecule has 3 rings (SSSR count). The van der Waals surface area contributed by atoms with E-state index in [0.717, 1.165) is 16.3 Å². The fourth-order valence-electron chi connectivity index (χ4n) is 2.43. The molecule has 0 aliphatic heterocycles. The summed E-state index contributed by atoms with van der Waals surface area (Å²) in [6.07, 6.45) is 0.303. The predicted molar refractivity (Wildman–Crippen MR) is 91.1 cm³/mol. The van der Waals surface area contributed by atoms with E-state index in [0.29, 0.717) is 18.1 Å². The zero-order valence-corrected chi connectivity index (χ0v) is 13.7. The molecule has 0 radical (unpaired) electrons. The van der Waals surface area contributed by atoms with E-state index in [4.69, 9.17) is 0 Å². The number of benzene rings is 2. The lowest BCUT2D eigenvalue weighted by Crippen LogP contribution is -2.25. The Bertz CT molecular complexity index is 865. The summed E-state index contributed by atoms with van der Waals surface area (Å²) < 4.78 is 0. The largest absolute Gasteiger partial charge is 0.382 e. The van der Waals surface area contributed by atoms with Crippen molar-refractivity contribution in [3.8, 4) is 0 Å². The van der Waals surface area contributed by atoms with Crippen LogP contribution in [0.3, 0.4) is 0 Å². The van der Waals surface area contributed by atoms with Crippen LogP contribution < -0.4 is 5.32 Å². The van der Waals surface area contributed by atoms with Crippen LogP contribution in [-0.2, 0) is 23.4 Å². The van der Waals surface area contributed by atoms with Crippen LogP contribution in [0.5, 0.6) is 0 Å². The molecular formula is C18H20N4O2. The van der Waals surface area contributed by atoms with Gasteiger partial charge in [0.05, 0.1) is 13.0 Å². The van der Waals surface area contributed by atoms with E-state index >= 15 is 0 Å². The molecule has 6 nitrogen and oxygen atoms in total. The fourth-order valence-corrected chi connectivity index (χ4v) is 2.43. The Morgan fingerprint density at radius 3 is 2.67 bits per heavy atom. The molecule has 0 aliphatic carbocycles. The first-order valence-electron chi connectivity index (χ1n) is 7.80. The van der Waals surface area contributed by atoms with Gasteiger partial charge in [-0.05, 0) is 30.2 Å². The topological polar surface area (TPSA) is 90.9 Å². The fraction of sp³-hybridized carbons (Fsp3) is 0.278. The average molecular weight is 324 g/mol. The molecule has 2 aromatic carbocycles. The monoisotopic (exact) mass is 324 g/mol. The van der Waals surface area contributed by atoms with E-state index in [1.54, 1.807) is 13.8 Å². The summed E-state index contributed by atoms with van der Waals surface area (Å²) in [5.74, 6) is 0.728. The molecule has 24 heavy (non-hydrogen) atoms. The van der Waals surface area contributed by atoms with Crippen molar-refractivity contribution in [3.05, 3.63) is 59.7 Å². The normalized spacial score (nSPS) is 11.6. The van der Waals surface area contributed by atoms with E-state index in [2.05, 4.69) is 20.5 Å². The summed E-state index contributed by atoms with van der Waals surface area (Å²) >= 11 is 0. The molecule has 3 aromatic rings. The van der Waals surface area contributed by atoms with Gasteiger partial charge in [-0.2, -0.15) is 5.10 Å². The number of aromatic nitrogens is 3. The average Bonchev–Trinajstić information content (AvgIpc) is 3.02. The van der Waals surface area contributed by atoms with Crippen molar-refractivity contribution in [1.29, 1.82) is 0 Å². The Labute approximate surface area is 139 Å². The number of carbonyl (C=O) groups is 1. The highest BCUT2D eigenvalue weighted by Crippen LogP contribution is 2.16. The van der Waals surface area contributed by atoms with Crippen molar-refractivity contribution in [2.24, 2.45) is 0 Å². The molecule has 0 saturated heterocycles. The van der Waals surface area contributed by atoms with Crippen molar-refractivity contribution >= 4 is 16.7 Å². The number of nitrogens with zero attached hydrogens (tertiary/aromatic N) is 2. The molecular weight excluding hydrogens is 304 g/mol. The maximum atomic E-state index is 12.1. The van der Waals surface area contributed by atoms with Gasteiger partial charge in [-0.15, -0.1) is 0 Å². The van der Waals surface area contributed by atoms with E-state index in [9.17, 15) is 9.90 Å². The first-order chi connectivity index (χ1) is 11.4. The van der Waals surface area contributed by atoms with Crippen molar-refractivity contribution in [1.82, 2.24) is 20.5 Å². The number of H-pyrrole nitrogens is 1. The van der Waals surface area contributed by atoms with E-state index in [-0.39, 0.29) is 12.5 Å². The van der Waals surface area contributed by atoms with Crippen molar-refractivity contribution in [3.63, 3.8) is 0 Å². The Morgan fingerprint density at radius 1 is 1.21 bits per heavy atom. The highest BCUT2D eigenvalue weighted by molar-refractivity contribution is 5.85. The van der Waals surface area contributed by atoms with E-state index in [1.807, 2.05) is 42.5 Å². The lowest BCUT2D eigenvalue weighted by atomic mass is 10.1. The van der Waals surface area contributed by atoms with Gasteiger partial charge in [0.15, 0.2) is 5.82 Å². The minimum atomic E-state index is -1.11. The summed E-state index contributed by atoms with van der Waals surface area (Å²) in [6.45, 7) is 3.46. The Hall–Kier alpha value is -2.73.